The number of nitrogens with one attached hydrogen (secondary N) is 1. The molecular weight excluding hydrogens is 270 g/mol. The number of rotatable bonds is 5. The summed E-state index contributed by atoms with van der Waals surface area (Å²) >= 11 is 0. The minimum absolute atomic E-state index is 0.199. The van der Waals surface area contributed by atoms with Gasteiger partial charge in [0, 0.05) is 23.8 Å². The second-order valence-electron chi connectivity index (χ2n) is 6.55. The van der Waals surface area contributed by atoms with E-state index in [1.54, 1.807) is 32.4 Å². The normalized spacial score (nSPS) is 12.3. The molecule has 1 aromatic rings. The molecule has 1 rings (SSSR count). The zero-order valence-corrected chi connectivity index (χ0v) is 13.9. The van der Waals surface area contributed by atoms with Gasteiger partial charge in [0.05, 0.1) is 17.5 Å². The van der Waals surface area contributed by atoms with Gasteiger partial charge in [-0.1, -0.05) is 0 Å². The van der Waals surface area contributed by atoms with Gasteiger partial charge in [-0.25, -0.2) is 0 Å². The van der Waals surface area contributed by atoms with Crippen LogP contribution in [0.15, 0.2) is 0 Å². The number of carboxylic acids is 1. The molecule has 21 heavy (non-hydrogen) atoms. The van der Waals surface area contributed by atoms with Crippen LogP contribution in [0.1, 0.15) is 44.6 Å². The van der Waals surface area contributed by atoms with E-state index in [2.05, 4.69) is 10.4 Å². The summed E-state index contributed by atoms with van der Waals surface area (Å²) in [7, 11) is 1.83. The Labute approximate surface area is 125 Å². The Hall–Kier alpha value is -1.85. The molecule has 0 saturated heterocycles. The first-order chi connectivity index (χ1) is 9.40. The van der Waals surface area contributed by atoms with Crippen LogP contribution in [0.3, 0.4) is 0 Å². The minimum atomic E-state index is -1.07. The monoisotopic (exact) mass is 295 g/mol. The number of carboxylic acid groups (broad SMARTS) is 1. The molecule has 0 aromatic carbocycles. The van der Waals surface area contributed by atoms with Crippen LogP contribution in [0.5, 0.6) is 0 Å². The minimum Gasteiger partial charge on any atom is -0.481 e. The average Bonchev–Trinajstić information content (AvgIpc) is 2.54. The Morgan fingerprint density at radius 3 is 2.14 bits per heavy atom. The van der Waals surface area contributed by atoms with E-state index >= 15 is 0 Å². The largest absolute Gasteiger partial charge is 0.481 e. The Bertz CT molecular complexity index is 571. The van der Waals surface area contributed by atoms with Crippen molar-refractivity contribution in [2.75, 3.05) is 0 Å². The molecule has 0 saturated carbocycles. The maximum absolute atomic E-state index is 12.3. The summed E-state index contributed by atoms with van der Waals surface area (Å²) in [6, 6.07) is 0. The molecule has 0 unspecified atom stereocenters. The van der Waals surface area contributed by atoms with E-state index in [4.69, 9.17) is 0 Å². The number of nitrogens with zero attached hydrogens (tertiary/aromatic N) is 2. The fourth-order valence-corrected chi connectivity index (χ4v) is 2.05. The standard InChI is InChI=1S/C15H25N3O3/c1-9-11(10(2)18(7)17-9)8-12(19)16-15(5,6)14(3,4)13(20)21/h8H2,1-7H3,(H,16,19)(H,20,21). The maximum Gasteiger partial charge on any atom is 0.311 e. The Balaban J connectivity index is 2.89. The summed E-state index contributed by atoms with van der Waals surface area (Å²) in [4.78, 5) is 23.6. The van der Waals surface area contributed by atoms with Gasteiger partial charge in [0.25, 0.3) is 0 Å². The van der Waals surface area contributed by atoms with Crippen LogP contribution < -0.4 is 5.32 Å². The number of carbonyl (C=O) groups excluding carboxylic acids is 1. The lowest BCUT2D eigenvalue weighted by atomic mass is 9.74. The third kappa shape index (κ3) is 3.25. The van der Waals surface area contributed by atoms with E-state index in [1.165, 1.54) is 0 Å². The summed E-state index contributed by atoms with van der Waals surface area (Å²) in [6.07, 6.45) is 0.199. The number of amides is 1. The van der Waals surface area contributed by atoms with E-state index in [1.807, 2.05) is 20.9 Å². The Morgan fingerprint density at radius 2 is 1.76 bits per heavy atom. The molecule has 0 spiro atoms. The van der Waals surface area contributed by atoms with Crippen molar-refractivity contribution in [2.45, 2.75) is 53.5 Å². The van der Waals surface area contributed by atoms with Gasteiger partial charge in [-0.15, -0.1) is 0 Å². The molecule has 0 bridgehead atoms. The maximum atomic E-state index is 12.3. The van der Waals surface area contributed by atoms with Gasteiger partial charge in [-0.05, 0) is 41.5 Å². The van der Waals surface area contributed by atoms with Gasteiger partial charge in [-0.2, -0.15) is 5.10 Å². The highest BCUT2D eigenvalue weighted by atomic mass is 16.4. The lowest BCUT2D eigenvalue weighted by Crippen LogP contribution is -2.57. The van der Waals surface area contributed by atoms with Crippen LogP contribution >= 0.6 is 0 Å². The van der Waals surface area contributed by atoms with Crippen LogP contribution in [0.25, 0.3) is 0 Å². The zero-order chi connectivity index (χ0) is 16.6. The molecule has 1 heterocycles. The highest BCUT2D eigenvalue weighted by Gasteiger charge is 2.44. The van der Waals surface area contributed by atoms with E-state index in [9.17, 15) is 14.7 Å². The van der Waals surface area contributed by atoms with Crippen molar-refractivity contribution < 1.29 is 14.7 Å². The van der Waals surface area contributed by atoms with E-state index in [0.717, 1.165) is 17.0 Å². The van der Waals surface area contributed by atoms with E-state index in [0.29, 0.717) is 0 Å². The zero-order valence-electron chi connectivity index (χ0n) is 13.9. The van der Waals surface area contributed by atoms with Gasteiger partial charge in [0.1, 0.15) is 0 Å². The molecule has 1 amide bonds. The predicted octanol–water partition coefficient (Wildman–Crippen LogP) is 1.59. The number of aryl methyl sites for hydroxylation is 2. The Kier molecular flexibility index (Phi) is 4.51. The first kappa shape index (κ1) is 17.2. The van der Waals surface area contributed by atoms with Crippen molar-refractivity contribution in [3.8, 4) is 0 Å². The first-order valence-electron chi connectivity index (χ1n) is 6.93. The van der Waals surface area contributed by atoms with Crippen LogP contribution in [0.2, 0.25) is 0 Å². The lowest BCUT2D eigenvalue weighted by molar-refractivity contribution is -0.151. The van der Waals surface area contributed by atoms with Gasteiger partial charge in [-0.3, -0.25) is 14.3 Å². The Morgan fingerprint density at radius 1 is 1.24 bits per heavy atom. The molecule has 0 fully saturated rings. The first-order valence-corrected chi connectivity index (χ1v) is 6.93. The fourth-order valence-electron chi connectivity index (χ4n) is 2.05. The number of carbonyl (C=O) groups is 2. The van der Waals surface area contributed by atoms with Crippen molar-refractivity contribution in [3.05, 3.63) is 17.0 Å². The lowest BCUT2D eigenvalue weighted by Gasteiger charge is -2.38. The van der Waals surface area contributed by atoms with Gasteiger partial charge < -0.3 is 10.4 Å². The summed E-state index contributed by atoms with van der Waals surface area (Å²) in [5.41, 5.74) is 0.721. The second kappa shape index (κ2) is 5.50. The molecule has 0 atom stereocenters. The molecule has 0 aliphatic rings. The topological polar surface area (TPSA) is 84.2 Å². The molecule has 1 aromatic heterocycles. The van der Waals surface area contributed by atoms with Gasteiger partial charge >= 0.3 is 5.97 Å². The van der Waals surface area contributed by atoms with E-state index in [-0.39, 0.29) is 12.3 Å². The predicted molar refractivity (Wildman–Crippen MR) is 80.0 cm³/mol. The number of aliphatic carboxylic acids is 1. The average molecular weight is 295 g/mol. The van der Waals surface area contributed by atoms with Crippen LogP contribution in [0, 0.1) is 19.3 Å². The van der Waals surface area contributed by atoms with Gasteiger partial charge in [0.2, 0.25) is 5.91 Å². The van der Waals surface area contributed by atoms with Crippen molar-refractivity contribution in [1.82, 2.24) is 15.1 Å². The molecule has 0 radical (unpaired) electrons. The number of hydrogen-bond acceptors (Lipinski definition) is 3. The summed E-state index contributed by atoms with van der Waals surface area (Å²) in [5.74, 6) is -1.14. The quantitative estimate of drug-likeness (QED) is 0.864. The summed E-state index contributed by atoms with van der Waals surface area (Å²) in [5, 5.41) is 16.4. The molecular formula is C15H25N3O3. The van der Waals surface area contributed by atoms with Crippen LogP contribution in [0.4, 0.5) is 0 Å². The number of aromatic nitrogens is 2. The molecule has 0 aliphatic carbocycles. The third-order valence-electron chi connectivity index (χ3n) is 4.55. The van der Waals surface area contributed by atoms with E-state index < -0.39 is 16.9 Å². The van der Waals surface area contributed by atoms with Crippen molar-refractivity contribution >= 4 is 11.9 Å². The van der Waals surface area contributed by atoms with Crippen molar-refractivity contribution in [2.24, 2.45) is 12.5 Å². The number of hydrogen-bond donors (Lipinski definition) is 2. The smallest absolute Gasteiger partial charge is 0.311 e. The summed E-state index contributed by atoms with van der Waals surface area (Å²) < 4.78 is 1.74. The molecule has 6 nitrogen and oxygen atoms in total. The fraction of sp³-hybridized carbons (Fsp3) is 0.667. The van der Waals surface area contributed by atoms with Crippen molar-refractivity contribution in [1.29, 1.82) is 0 Å². The SMILES string of the molecule is Cc1nn(C)c(C)c1CC(=O)NC(C)(C)C(C)(C)C(=O)O. The second-order valence-corrected chi connectivity index (χ2v) is 6.55. The third-order valence-corrected chi connectivity index (χ3v) is 4.55. The van der Waals surface area contributed by atoms with Crippen molar-refractivity contribution in [3.63, 3.8) is 0 Å². The molecule has 0 aliphatic heterocycles. The highest BCUT2D eigenvalue weighted by molar-refractivity contribution is 5.82. The highest BCUT2D eigenvalue weighted by Crippen LogP contribution is 2.30. The van der Waals surface area contributed by atoms with Gasteiger partial charge in [0.15, 0.2) is 0 Å². The summed E-state index contributed by atoms with van der Waals surface area (Å²) in [6.45, 7) is 10.4. The molecule has 2 N–H and O–H groups in total. The molecule has 118 valence electrons. The van der Waals surface area contributed by atoms with Crippen LogP contribution in [-0.4, -0.2) is 32.3 Å². The molecule has 6 heteroatoms. The van der Waals surface area contributed by atoms with Crippen LogP contribution in [-0.2, 0) is 23.1 Å².